The second-order valence-corrected chi connectivity index (χ2v) is 7.29. The minimum absolute atomic E-state index is 0.195. The average Bonchev–Trinajstić information content (AvgIpc) is 3.23. The van der Waals surface area contributed by atoms with Crippen molar-refractivity contribution in [2.45, 2.75) is 31.3 Å². The molecule has 1 N–H and O–H groups in total. The first-order valence-corrected chi connectivity index (χ1v) is 8.96. The number of amides is 1. The summed E-state index contributed by atoms with van der Waals surface area (Å²) in [5.41, 5.74) is -0.203. The van der Waals surface area contributed by atoms with Crippen molar-refractivity contribution in [1.82, 2.24) is 9.80 Å². The monoisotopic (exact) mass is 346 g/mol. The molecule has 2 aliphatic heterocycles. The lowest BCUT2D eigenvalue weighted by Crippen LogP contribution is -2.51. The molecule has 0 spiro atoms. The molecule has 1 aromatic carbocycles. The second kappa shape index (κ2) is 6.42. The van der Waals surface area contributed by atoms with Gasteiger partial charge >= 0.3 is 0 Å². The van der Waals surface area contributed by atoms with Crippen LogP contribution in [0.15, 0.2) is 28.7 Å². The molecule has 0 aliphatic carbocycles. The molecule has 1 aromatic heterocycles. The molecule has 6 heteroatoms. The number of aliphatic hydroxyl groups is 1. The maximum Gasteiger partial charge on any atom is 0.289 e. The summed E-state index contributed by atoms with van der Waals surface area (Å²) in [5.74, 6) is -0.317. The molecule has 5 nitrogen and oxygen atoms in total. The van der Waals surface area contributed by atoms with Gasteiger partial charge in [-0.25, -0.2) is 4.39 Å². The highest BCUT2D eigenvalue weighted by atomic mass is 19.1. The molecule has 0 bridgehead atoms. The van der Waals surface area contributed by atoms with E-state index < -0.39 is 5.60 Å². The fourth-order valence-electron chi connectivity index (χ4n) is 3.92. The van der Waals surface area contributed by atoms with E-state index in [0.29, 0.717) is 43.4 Å². The molecule has 2 saturated heterocycles. The van der Waals surface area contributed by atoms with Crippen LogP contribution in [0.2, 0.25) is 0 Å². The van der Waals surface area contributed by atoms with Crippen molar-refractivity contribution in [2.75, 3.05) is 32.7 Å². The van der Waals surface area contributed by atoms with Gasteiger partial charge in [-0.3, -0.25) is 4.79 Å². The molecule has 2 fully saturated rings. The molecule has 3 heterocycles. The van der Waals surface area contributed by atoms with E-state index in [1.165, 1.54) is 31.0 Å². The van der Waals surface area contributed by atoms with E-state index in [4.69, 9.17) is 4.42 Å². The van der Waals surface area contributed by atoms with Gasteiger partial charge in [-0.05, 0) is 63.0 Å². The summed E-state index contributed by atoms with van der Waals surface area (Å²) in [6, 6.07) is 5.80. The Balaban J connectivity index is 1.41. The predicted molar refractivity (Wildman–Crippen MR) is 91.9 cm³/mol. The average molecular weight is 346 g/mol. The van der Waals surface area contributed by atoms with Gasteiger partial charge in [-0.2, -0.15) is 0 Å². The van der Waals surface area contributed by atoms with Crippen LogP contribution in [0.3, 0.4) is 0 Å². The molecule has 0 atom stereocenters. The van der Waals surface area contributed by atoms with Crippen molar-refractivity contribution >= 4 is 16.9 Å². The summed E-state index contributed by atoms with van der Waals surface area (Å²) in [6.07, 6.45) is 3.55. The van der Waals surface area contributed by atoms with Crippen LogP contribution in [0.5, 0.6) is 0 Å². The Hall–Kier alpha value is -1.92. The Morgan fingerprint density at radius 2 is 1.88 bits per heavy atom. The standard InChI is InChI=1S/C19H23FN2O3/c20-15-3-4-16-14(11-15)12-17(25-16)18(23)22-9-5-19(24,6-10-22)13-21-7-1-2-8-21/h3-4,11-12,24H,1-2,5-10,13H2. The zero-order valence-corrected chi connectivity index (χ0v) is 14.2. The lowest BCUT2D eigenvalue weighted by molar-refractivity contribution is -0.0371. The summed E-state index contributed by atoms with van der Waals surface area (Å²) in [6.45, 7) is 3.82. The Morgan fingerprint density at radius 3 is 2.60 bits per heavy atom. The molecule has 1 amide bonds. The number of nitrogens with zero attached hydrogens (tertiary/aromatic N) is 2. The zero-order valence-electron chi connectivity index (χ0n) is 14.2. The minimum atomic E-state index is -0.710. The van der Waals surface area contributed by atoms with Crippen molar-refractivity contribution < 1.29 is 18.7 Å². The van der Waals surface area contributed by atoms with E-state index in [-0.39, 0.29) is 17.5 Å². The number of hydrogen-bond donors (Lipinski definition) is 1. The number of halogens is 1. The van der Waals surface area contributed by atoms with Crippen LogP contribution in [0.25, 0.3) is 11.0 Å². The number of carbonyl (C=O) groups is 1. The van der Waals surface area contributed by atoms with Crippen LogP contribution in [-0.4, -0.2) is 59.1 Å². The highest BCUT2D eigenvalue weighted by Crippen LogP contribution is 2.27. The smallest absolute Gasteiger partial charge is 0.289 e. The molecular weight excluding hydrogens is 323 g/mol. The first-order chi connectivity index (χ1) is 12.0. The van der Waals surface area contributed by atoms with E-state index in [1.807, 2.05) is 0 Å². The number of β-amino-alcohol motifs (C(OH)–C–C–N with tert-alkyl or cyclic N) is 1. The minimum Gasteiger partial charge on any atom is -0.451 e. The summed E-state index contributed by atoms with van der Waals surface area (Å²) in [5, 5.41) is 11.4. The van der Waals surface area contributed by atoms with Crippen molar-refractivity contribution in [3.05, 3.63) is 35.8 Å². The first-order valence-electron chi connectivity index (χ1n) is 8.96. The van der Waals surface area contributed by atoms with Gasteiger partial charge in [-0.1, -0.05) is 0 Å². The van der Waals surface area contributed by atoms with Crippen LogP contribution >= 0.6 is 0 Å². The number of benzene rings is 1. The molecule has 134 valence electrons. The zero-order chi connectivity index (χ0) is 17.4. The lowest BCUT2D eigenvalue weighted by atomic mass is 9.90. The maximum atomic E-state index is 13.3. The summed E-state index contributed by atoms with van der Waals surface area (Å²) >= 11 is 0. The van der Waals surface area contributed by atoms with Crippen LogP contribution in [0.4, 0.5) is 4.39 Å². The van der Waals surface area contributed by atoms with Crippen molar-refractivity contribution in [3.8, 4) is 0 Å². The Morgan fingerprint density at radius 1 is 1.16 bits per heavy atom. The normalized spacial score (nSPS) is 21.1. The highest BCUT2D eigenvalue weighted by molar-refractivity contribution is 5.96. The van der Waals surface area contributed by atoms with E-state index in [2.05, 4.69) is 4.90 Å². The van der Waals surface area contributed by atoms with Crippen LogP contribution in [-0.2, 0) is 0 Å². The fraction of sp³-hybridized carbons (Fsp3) is 0.526. The van der Waals surface area contributed by atoms with Gasteiger partial charge in [0.15, 0.2) is 5.76 Å². The third-order valence-electron chi connectivity index (χ3n) is 5.39. The molecule has 0 radical (unpaired) electrons. The highest BCUT2D eigenvalue weighted by Gasteiger charge is 2.36. The van der Waals surface area contributed by atoms with E-state index in [9.17, 15) is 14.3 Å². The second-order valence-electron chi connectivity index (χ2n) is 7.29. The summed E-state index contributed by atoms with van der Waals surface area (Å²) in [4.78, 5) is 16.7. The fourth-order valence-corrected chi connectivity index (χ4v) is 3.92. The van der Waals surface area contributed by atoms with Gasteiger partial charge in [0.2, 0.25) is 0 Å². The lowest BCUT2D eigenvalue weighted by Gasteiger charge is -2.39. The third-order valence-corrected chi connectivity index (χ3v) is 5.39. The van der Waals surface area contributed by atoms with Crippen LogP contribution in [0, 0.1) is 5.82 Å². The Labute approximate surface area is 146 Å². The quantitative estimate of drug-likeness (QED) is 0.928. The number of fused-ring (bicyclic) bond motifs is 1. The first kappa shape index (κ1) is 16.5. The molecule has 2 aliphatic rings. The SMILES string of the molecule is O=C(c1cc2cc(F)ccc2o1)N1CCC(O)(CN2CCCC2)CC1. The van der Waals surface area contributed by atoms with Gasteiger partial charge in [0.25, 0.3) is 5.91 Å². The van der Waals surface area contributed by atoms with Gasteiger partial charge in [0.1, 0.15) is 11.4 Å². The number of carbonyl (C=O) groups excluding carboxylic acids is 1. The topological polar surface area (TPSA) is 56.9 Å². The van der Waals surface area contributed by atoms with Crippen LogP contribution in [0.1, 0.15) is 36.2 Å². The maximum absolute atomic E-state index is 13.3. The Kier molecular flexibility index (Phi) is 4.25. The van der Waals surface area contributed by atoms with E-state index in [1.54, 1.807) is 11.0 Å². The van der Waals surface area contributed by atoms with Gasteiger partial charge in [-0.15, -0.1) is 0 Å². The molecule has 0 saturated carbocycles. The number of likely N-dealkylation sites (tertiary alicyclic amines) is 2. The number of furan rings is 1. The largest absolute Gasteiger partial charge is 0.451 e. The molecule has 2 aromatic rings. The number of piperidine rings is 1. The third kappa shape index (κ3) is 3.41. The summed E-state index contributed by atoms with van der Waals surface area (Å²) < 4.78 is 18.9. The van der Waals surface area contributed by atoms with Gasteiger partial charge in [0, 0.05) is 25.0 Å². The predicted octanol–water partition coefficient (Wildman–Crippen LogP) is 2.63. The van der Waals surface area contributed by atoms with Gasteiger partial charge in [0.05, 0.1) is 5.60 Å². The van der Waals surface area contributed by atoms with Crippen molar-refractivity contribution in [1.29, 1.82) is 0 Å². The summed E-state index contributed by atoms with van der Waals surface area (Å²) in [7, 11) is 0. The molecule has 0 unspecified atom stereocenters. The van der Waals surface area contributed by atoms with E-state index in [0.717, 1.165) is 13.1 Å². The molecule has 25 heavy (non-hydrogen) atoms. The number of hydrogen-bond acceptors (Lipinski definition) is 4. The Bertz CT molecular complexity index is 774. The molecule has 4 rings (SSSR count). The number of rotatable bonds is 3. The molecular formula is C19H23FN2O3. The van der Waals surface area contributed by atoms with E-state index >= 15 is 0 Å². The van der Waals surface area contributed by atoms with Crippen LogP contribution < -0.4 is 0 Å². The van der Waals surface area contributed by atoms with Crippen molar-refractivity contribution in [3.63, 3.8) is 0 Å². The van der Waals surface area contributed by atoms with Gasteiger partial charge < -0.3 is 19.3 Å². The van der Waals surface area contributed by atoms with Crippen molar-refractivity contribution in [2.24, 2.45) is 0 Å².